The molecule has 6 atom stereocenters. The number of ketones is 1. The van der Waals surface area contributed by atoms with E-state index in [2.05, 4.69) is 44.9 Å². The summed E-state index contributed by atoms with van der Waals surface area (Å²) in [4.78, 5) is 15.6. The molecule has 0 amide bonds. The Hall–Kier alpha value is -1.09. The summed E-state index contributed by atoms with van der Waals surface area (Å²) in [5.41, 5.74) is 2.67. The van der Waals surface area contributed by atoms with Crippen LogP contribution in [0.1, 0.15) is 72.6 Å². The smallest absolute Gasteiger partial charge is 0.166 e. The summed E-state index contributed by atoms with van der Waals surface area (Å²) < 4.78 is 0. The molecule has 0 heterocycles. The van der Waals surface area contributed by atoms with Crippen LogP contribution >= 0.6 is 0 Å². The standard InChI is InChI=1S/C24H37NO2/c1-5-25(6-2)15-16-13-21-19-8-7-17-14-18(26)9-11-23(17,3)20(19)10-12-24(21,4)22(16)27/h7,15,18-21,26H,5-6,8-14H2,1-4H3/b16-15-/t18-,19-,20+,21+,23-,24-/m0/s1. The van der Waals surface area contributed by atoms with E-state index in [1.807, 2.05) is 0 Å². The maximum atomic E-state index is 13.4. The Morgan fingerprint density at radius 1 is 1.11 bits per heavy atom. The van der Waals surface area contributed by atoms with Crippen LogP contribution in [0.25, 0.3) is 0 Å². The van der Waals surface area contributed by atoms with Gasteiger partial charge in [-0.2, -0.15) is 0 Å². The minimum Gasteiger partial charge on any atom is -0.393 e. The second-order valence-corrected chi connectivity index (χ2v) is 10.0. The Morgan fingerprint density at radius 3 is 2.52 bits per heavy atom. The van der Waals surface area contributed by atoms with Crippen molar-refractivity contribution in [1.29, 1.82) is 0 Å². The quantitative estimate of drug-likeness (QED) is 0.577. The molecule has 3 heteroatoms. The van der Waals surface area contributed by atoms with Crippen LogP contribution in [0.5, 0.6) is 0 Å². The summed E-state index contributed by atoms with van der Waals surface area (Å²) in [5.74, 6) is 2.23. The maximum absolute atomic E-state index is 13.4. The lowest BCUT2D eigenvalue weighted by Crippen LogP contribution is -2.50. The summed E-state index contributed by atoms with van der Waals surface area (Å²) >= 11 is 0. The fourth-order valence-electron chi connectivity index (χ4n) is 7.05. The average Bonchev–Trinajstić information content (AvgIpc) is 2.91. The third kappa shape index (κ3) is 2.84. The Balaban J connectivity index is 1.65. The zero-order valence-electron chi connectivity index (χ0n) is 17.6. The first kappa shape index (κ1) is 19.2. The van der Waals surface area contributed by atoms with E-state index < -0.39 is 0 Å². The highest BCUT2D eigenvalue weighted by molar-refractivity contribution is 6.02. The number of rotatable bonds is 3. The molecule has 0 bridgehead atoms. The monoisotopic (exact) mass is 371 g/mol. The highest BCUT2D eigenvalue weighted by Gasteiger charge is 2.59. The van der Waals surface area contributed by atoms with E-state index in [9.17, 15) is 9.90 Å². The number of carbonyl (C=O) groups excluding carboxylic acids is 1. The molecule has 3 saturated carbocycles. The molecule has 0 saturated heterocycles. The van der Waals surface area contributed by atoms with Crippen LogP contribution in [0.3, 0.4) is 0 Å². The van der Waals surface area contributed by atoms with Crippen molar-refractivity contribution in [2.75, 3.05) is 13.1 Å². The second-order valence-electron chi connectivity index (χ2n) is 10.0. The van der Waals surface area contributed by atoms with Crippen molar-refractivity contribution in [3.8, 4) is 0 Å². The minimum atomic E-state index is -0.157. The van der Waals surface area contributed by atoms with Crippen LogP contribution in [-0.2, 0) is 4.79 Å². The molecular weight excluding hydrogens is 334 g/mol. The predicted octanol–water partition coefficient (Wildman–Crippen LogP) is 4.71. The van der Waals surface area contributed by atoms with Gasteiger partial charge in [-0.15, -0.1) is 0 Å². The normalized spacial score (nSPS) is 45.1. The lowest BCUT2D eigenvalue weighted by molar-refractivity contribution is -0.130. The van der Waals surface area contributed by atoms with Gasteiger partial charge in [0.15, 0.2) is 5.78 Å². The third-order valence-electron chi connectivity index (χ3n) is 8.87. The number of allylic oxidation sites excluding steroid dienone is 2. The topological polar surface area (TPSA) is 40.5 Å². The second kappa shape index (κ2) is 6.76. The number of nitrogens with zero attached hydrogens (tertiary/aromatic N) is 1. The maximum Gasteiger partial charge on any atom is 0.166 e. The van der Waals surface area contributed by atoms with Gasteiger partial charge >= 0.3 is 0 Å². The van der Waals surface area contributed by atoms with Crippen molar-refractivity contribution in [3.63, 3.8) is 0 Å². The van der Waals surface area contributed by atoms with Crippen molar-refractivity contribution in [3.05, 3.63) is 23.4 Å². The van der Waals surface area contributed by atoms with Gasteiger partial charge in [0.05, 0.1) is 6.10 Å². The SMILES string of the molecule is CCN(/C=C1/C[C@@H]2[C@H]3CC=C4C[C@@H](O)CC[C@]4(C)[C@@H]3CC[C@]2(C)C1=O)CC. The Kier molecular flexibility index (Phi) is 4.81. The molecule has 4 aliphatic carbocycles. The molecule has 1 N–H and O–H groups in total. The number of carbonyl (C=O) groups is 1. The van der Waals surface area contributed by atoms with E-state index in [1.165, 1.54) is 12.0 Å². The molecule has 0 aliphatic heterocycles. The Bertz CT molecular complexity index is 676. The molecular formula is C24H37NO2. The van der Waals surface area contributed by atoms with E-state index in [0.717, 1.165) is 57.2 Å². The van der Waals surface area contributed by atoms with Gasteiger partial charge in [-0.1, -0.05) is 25.5 Å². The van der Waals surface area contributed by atoms with Crippen LogP contribution in [0.4, 0.5) is 0 Å². The summed E-state index contributed by atoms with van der Waals surface area (Å²) in [7, 11) is 0. The fourth-order valence-corrected chi connectivity index (χ4v) is 7.05. The van der Waals surface area contributed by atoms with E-state index in [1.54, 1.807) is 0 Å². The first-order valence-electron chi connectivity index (χ1n) is 11.2. The van der Waals surface area contributed by atoms with E-state index in [-0.39, 0.29) is 16.9 Å². The molecule has 3 nitrogen and oxygen atoms in total. The van der Waals surface area contributed by atoms with Crippen molar-refractivity contribution >= 4 is 5.78 Å². The number of aliphatic hydroxyl groups excluding tert-OH is 1. The largest absolute Gasteiger partial charge is 0.393 e. The van der Waals surface area contributed by atoms with Gasteiger partial charge in [0.25, 0.3) is 0 Å². The number of hydrogen-bond donors (Lipinski definition) is 1. The number of aliphatic hydroxyl groups is 1. The van der Waals surface area contributed by atoms with Crippen LogP contribution in [0, 0.1) is 28.6 Å². The molecule has 4 aliphatic rings. The molecule has 3 fully saturated rings. The first-order valence-corrected chi connectivity index (χ1v) is 11.2. The lowest BCUT2D eigenvalue weighted by Gasteiger charge is -2.56. The average molecular weight is 372 g/mol. The van der Waals surface area contributed by atoms with Gasteiger partial charge in [-0.05, 0) is 82.0 Å². The molecule has 0 spiro atoms. The van der Waals surface area contributed by atoms with Gasteiger partial charge in [0.2, 0.25) is 0 Å². The number of Topliss-reactive ketones (excluding diaryl/α,β-unsaturated/α-hetero) is 1. The van der Waals surface area contributed by atoms with Gasteiger partial charge in [-0.25, -0.2) is 0 Å². The molecule has 0 aromatic rings. The molecule has 0 aromatic carbocycles. The van der Waals surface area contributed by atoms with E-state index in [4.69, 9.17) is 0 Å². The highest BCUT2D eigenvalue weighted by Crippen LogP contribution is 2.64. The molecule has 150 valence electrons. The highest BCUT2D eigenvalue weighted by atomic mass is 16.3. The number of fused-ring (bicyclic) bond motifs is 5. The molecule has 0 radical (unpaired) electrons. The van der Waals surface area contributed by atoms with E-state index in [0.29, 0.717) is 23.5 Å². The molecule has 27 heavy (non-hydrogen) atoms. The fraction of sp³-hybridized carbons (Fsp3) is 0.792. The van der Waals surface area contributed by atoms with Gasteiger partial charge in [-0.3, -0.25) is 4.79 Å². The minimum absolute atomic E-state index is 0.147. The van der Waals surface area contributed by atoms with Crippen molar-refractivity contribution in [2.45, 2.75) is 78.7 Å². The van der Waals surface area contributed by atoms with Crippen LogP contribution in [0.2, 0.25) is 0 Å². The summed E-state index contributed by atoms with van der Waals surface area (Å²) in [6.07, 6.45) is 11.7. The zero-order valence-corrected chi connectivity index (χ0v) is 17.6. The predicted molar refractivity (Wildman–Crippen MR) is 109 cm³/mol. The number of hydrogen-bond acceptors (Lipinski definition) is 3. The Morgan fingerprint density at radius 2 is 1.81 bits per heavy atom. The summed E-state index contributed by atoms with van der Waals surface area (Å²) in [5, 5.41) is 10.2. The van der Waals surface area contributed by atoms with Crippen molar-refractivity contribution < 1.29 is 9.90 Å². The molecule has 0 aromatic heterocycles. The molecule has 4 rings (SSSR count). The van der Waals surface area contributed by atoms with Gasteiger partial charge < -0.3 is 10.0 Å². The molecule has 0 unspecified atom stereocenters. The lowest BCUT2D eigenvalue weighted by atomic mass is 9.48. The van der Waals surface area contributed by atoms with Gasteiger partial charge in [0.1, 0.15) is 0 Å². The summed E-state index contributed by atoms with van der Waals surface area (Å²) in [6, 6.07) is 0. The van der Waals surface area contributed by atoms with Gasteiger partial charge in [0, 0.05) is 30.3 Å². The first-order chi connectivity index (χ1) is 12.8. The third-order valence-corrected chi connectivity index (χ3v) is 8.87. The van der Waals surface area contributed by atoms with Crippen LogP contribution in [0.15, 0.2) is 23.4 Å². The van der Waals surface area contributed by atoms with Crippen molar-refractivity contribution in [1.82, 2.24) is 4.90 Å². The summed E-state index contributed by atoms with van der Waals surface area (Å²) in [6.45, 7) is 11.0. The van der Waals surface area contributed by atoms with Crippen LogP contribution in [-0.4, -0.2) is 35.0 Å². The van der Waals surface area contributed by atoms with Crippen molar-refractivity contribution in [2.24, 2.45) is 28.6 Å². The van der Waals surface area contributed by atoms with E-state index >= 15 is 0 Å². The zero-order chi connectivity index (χ0) is 19.4. The Labute approximate surface area is 164 Å². The van der Waals surface area contributed by atoms with Crippen LogP contribution < -0.4 is 0 Å².